The third-order valence-corrected chi connectivity index (χ3v) is 5.39. The van der Waals surface area contributed by atoms with Crippen LogP contribution < -0.4 is 5.32 Å². The maximum Gasteiger partial charge on any atom is 0.254 e. The average Bonchev–Trinajstić information content (AvgIpc) is 3.37. The molecule has 0 aliphatic carbocycles. The third-order valence-electron chi connectivity index (χ3n) is 5.39. The molecule has 156 valence electrons. The van der Waals surface area contributed by atoms with Gasteiger partial charge in [0.25, 0.3) is 5.91 Å². The molecule has 2 amide bonds. The Morgan fingerprint density at radius 3 is 2.63 bits per heavy atom. The number of carbonyl (C=O) groups excluding carboxylic acids is 2. The van der Waals surface area contributed by atoms with Crippen LogP contribution in [-0.4, -0.2) is 32.8 Å². The van der Waals surface area contributed by atoms with Crippen LogP contribution in [0.5, 0.6) is 0 Å². The summed E-state index contributed by atoms with van der Waals surface area (Å²) in [5.74, 6) is 1.07. The van der Waals surface area contributed by atoms with Crippen molar-refractivity contribution in [2.75, 3.05) is 6.54 Å². The predicted molar refractivity (Wildman–Crippen MR) is 112 cm³/mol. The molecule has 7 nitrogen and oxygen atoms in total. The SMILES string of the molecule is Cc1ccc(CNC(=O)[C@H]2c3c(ncn3C(C)C)CCN2C(=O)c2ccccc2)o1. The van der Waals surface area contributed by atoms with Gasteiger partial charge in [0.1, 0.15) is 11.5 Å². The van der Waals surface area contributed by atoms with Gasteiger partial charge in [-0.3, -0.25) is 9.59 Å². The smallest absolute Gasteiger partial charge is 0.254 e. The molecule has 0 spiro atoms. The molecule has 1 atom stereocenters. The second-order valence-corrected chi connectivity index (χ2v) is 7.82. The summed E-state index contributed by atoms with van der Waals surface area (Å²) in [6.45, 7) is 6.65. The number of amides is 2. The van der Waals surface area contributed by atoms with E-state index in [4.69, 9.17) is 4.42 Å². The summed E-state index contributed by atoms with van der Waals surface area (Å²) in [6.07, 6.45) is 2.39. The summed E-state index contributed by atoms with van der Waals surface area (Å²) >= 11 is 0. The van der Waals surface area contributed by atoms with E-state index in [-0.39, 0.29) is 24.4 Å². The van der Waals surface area contributed by atoms with E-state index in [9.17, 15) is 9.59 Å². The summed E-state index contributed by atoms with van der Waals surface area (Å²) in [7, 11) is 0. The molecule has 2 aromatic heterocycles. The van der Waals surface area contributed by atoms with E-state index in [0.717, 1.165) is 17.1 Å². The van der Waals surface area contributed by atoms with E-state index in [0.29, 0.717) is 24.3 Å². The number of aromatic nitrogens is 2. The first-order valence-electron chi connectivity index (χ1n) is 10.2. The van der Waals surface area contributed by atoms with Gasteiger partial charge in [-0.15, -0.1) is 0 Å². The quantitative estimate of drug-likeness (QED) is 0.704. The molecule has 1 aliphatic rings. The number of nitrogens with zero attached hydrogens (tertiary/aromatic N) is 3. The number of benzene rings is 1. The van der Waals surface area contributed by atoms with E-state index in [1.165, 1.54) is 0 Å². The van der Waals surface area contributed by atoms with Gasteiger partial charge in [-0.1, -0.05) is 18.2 Å². The van der Waals surface area contributed by atoms with E-state index in [1.54, 1.807) is 23.4 Å². The molecule has 1 N–H and O–H groups in total. The molecule has 0 fully saturated rings. The van der Waals surface area contributed by atoms with Crippen molar-refractivity contribution in [1.82, 2.24) is 19.8 Å². The number of rotatable bonds is 5. The molecule has 3 aromatic rings. The Morgan fingerprint density at radius 1 is 1.20 bits per heavy atom. The fraction of sp³-hybridized carbons (Fsp3) is 0.348. The maximum atomic E-state index is 13.4. The van der Waals surface area contributed by atoms with Gasteiger partial charge in [-0.2, -0.15) is 0 Å². The number of furan rings is 1. The van der Waals surface area contributed by atoms with Crippen LogP contribution in [0.4, 0.5) is 0 Å². The second-order valence-electron chi connectivity index (χ2n) is 7.82. The molecule has 0 saturated carbocycles. The van der Waals surface area contributed by atoms with Gasteiger partial charge >= 0.3 is 0 Å². The van der Waals surface area contributed by atoms with Crippen molar-refractivity contribution in [3.63, 3.8) is 0 Å². The van der Waals surface area contributed by atoms with Gasteiger partial charge in [0.05, 0.1) is 24.3 Å². The zero-order valence-electron chi connectivity index (χ0n) is 17.5. The fourth-order valence-electron chi connectivity index (χ4n) is 3.90. The summed E-state index contributed by atoms with van der Waals surface area (Å²) in [6, 6.07) is 12.2. The number of fused-ring (bicyclic) bond motifs is 1. The van der Waals surface area contributed by atoms with Crippen LogP contribution in [0.1, 0.15) is 59.2 Å². The number of hydrogen-bond donors (Lipinski definition) is 1. The lowest BCUT2D eigenvalue weighted by Gasteiger charge is -2.36. The lowest BCUT2D eigenvalue weighted by atomic mass is 9.99. The number of aryl methyl sites for hydroxylation is 1. The Bertz CT molecular complexity index is 1050. The fourth-order valence-corrected chi connectivity index (χ4v) is 3.90. The molecule has 7 heteroatoms. The van der Waals surface area contributed by atoms with Crippen molar-refractivity contribution in [2.24, 2.45) is 0 Å². The predicted octanol–water partition coefficient (Wildman–Crippen LogP) is 3.42. The van der Waals surface area contributed by atoms with E-state index >= 15 is 0 Å². The van der Waals surface area contributed by atoms with E-state index < -0.39 is 6.04 Å². The molecule has 0 bridgehead atoms. The summed E-state index contributed by atoms with van der Waals surface area (Å²) < 4.78 is 7.56. The van der Waals surface area contributed by atoms with Gasteiger partial charge in [-0.05, 0) is 45.0 Å². The Balaban J connectivity index is 1.68. The summed E-state index contributed by atoms with van der Waals surface area (Å²) in [5.41, 5.74) is 2.22. The molecule has 1 aliphatic heterocycles. The lowest BCUT2D eigenvalue weighted by molar-refractivity contribution is -0.126. The van der Waals surface area contributed by atoms with Crippen molar-refractivity contribution in [3.8, 4) is 0 Å². The Kier molecular flexibility index (Phi) is 5.44. The van der Waals surface area contributed by atoms with Crippen LogP contribution >= 0.6 is 0 Å². The highest BCUT2D eigenvalue weighted by Gasteiger charge is 2.39. The minimum absolute atomic E-state index is 0.121. The van der Waals surface area contributed by atoms with E-state index in [1.807, 2.05) is 55.7 Å². The van der Waals surface area contributed by atoms with Gasteiger partial charge in [0, 0.05) is 24.6 Å². The van der Waals surface area contributed by atoms with Crippen molar-refractivity contribution >= 4 is 11.8 Å². The van der Waals surface area contributed by atoms with Crippen LogP contribution in [0.3, 0.4) is 0 Å². The zero-order chi connectivity index (χ0) is 21.3. The number of imidazole rings is 1. The third kappa shape index (κ3) is 3.75. The second kappa shape index (κ2) is 8.18. The van der Waals surface area contributed by atoms with Crippen molar-refractivity contribution < 1.29 is 14.0 Å². The van der Waals surface area contributed by atoms with Gasteiger partial charge in [0.2, 0.25) is 5.91 Å². The van der Waals surface area contributed by atoms with Crippen LogP contribution in [0.15, 0.2) is 53.2 Å². The number of hydrogen-bond acceptors (Lipinski definition) is 4. The molecular formula is C23H26N4O3. The number of nitrogens with one attached hydrogen (secondary N) is 1. The van der Waals surface area contributed by atoms with Gasteiger partial charge < -0.3 is 19.2 Å². The highest BCUT2D eigenvalue weighted by molar-refractivity contribution is 5.98. The summed E-state index contributed by atoms with van der Waals surface area (Å²) in [4.78, 5) is 32.9. The first-order chi connectivity index (χ1) is 14.5. The van der Waals surface area contributed by atoms with E-state index in [2.05, 4.69) is 10.3 Å². The van der Waals surface area contributed by atoms with Crippen molar-refractivity contribution in [3.05, 3.63) is 77.3 Å². The normalized spacial score (nSPS) is 15.9. The monoisotopic (exact) mass is 406 g/mol. The minimum atomic E-state index is -0.748. The Morgan fingerprint density at radius 2 is 1.97 bits per heavy atom. The maximum absolute atomic E-state index is 13.4. The molecule has 30 heavy (non-hydrogen) atoms. The number of carbonyl (C=O) groups is 2. The van der Waals surface area contributed by atoms with Gasteiger partial charge in [-0.25, -0.2) is 4.98 Å². The van der Waals surface area contributed by atoms with Crippen molar-refractivity contribution in [1.29, 1.82) is 0 Å². The molecule has 3 heterocycles. The minimum Gasteiger partial charge on any atom is -0.465 e. The summed E-state index contributed by atoms with van der Waals surface area (Å²) in [5, 5.41) is 2.95. The lowest BCUT2D eigenvalue weighted by Crippen LogP contribution is -2.48. The first-order valence-corrected chi connectivity index (χ1v) is 10.2. The topological polar surface area (TPSA) is 80.4 Å². The molecular weight excluding hydrogens is 380 g/mol. The van der Waals surface area contributed by atoms with Crippen LogP contribution in [0.25, 0.3) is 0 Å². The zero-order valence-corrected chi connectivity index (χ0v) is 17.5. The molecule has 0 radical (unpaired) electrons. The average molecular weight is 406 g/mol. The van der Waals surface area contributed by atoms with Crippen molar-refractivity contribution in [2.45, 2.75) is 45.8 Å². The molecule has 1 aromatic carbocycles. The molecule has 0 unspecified atom stereocenters. The largest absolute Gasteiger partial charge is 0.465 e. The van der Waals surface area contributed by atoms with Crippen LogP contribution in [-0.2, 0) is 17.8 Å². The van der Waals surface area contributed by atoms with Crippen LogP contribution in [0.2, 0.25) is 0 Å². The highest BCUT2D eigenvalue weighted by atomic mass is 16.3. The van der Waals surface area contributed by atoms with Crippen LogP contribution in [0, 0.1) is 6.92 Å². The standard InChI is InChI=1S/C23H26N4O3/c1-15(2)27-14-25-19-11-12-26(23(29)17-7-5-4-6-8-17)21(20(19)27)22(28)24-13-18-10-9-16(3)30-18/h4-10,14-15,21H,11-13H2,1-3H3,(H,24,28)/t21-/m1/s1. The Hall–Kier alpha value is -3.35. The Labute approximate surface area is 175 Å². The molecule has 0 saturated heterocycles. The van der Waals surface area contributed by atoms with Gasteiger partial charge in [0.15, 0.2) is 6.04 Å². The molecule has 4 rings (SSSR count). The highest BCUT2D eigenvalue weighted by Crippen LogP contribution is 2.32. The first kappa shape index (κ1) is 19.9.